The van der Waals surface area contributed by atoms with Crippen molar-refractivity contribution in [3.8, 4) is 0 Å². The number of nitrogens with zero attached hydrogens (tertiary/aromatic N) is 1. The van der Waals surface area contributed by atoms with Crippen molar-refractivity contribution in [2.24, 2.45) is 0 Å². The van der Waals surface area contributed by atoms with Crippen LogP contribution in [0.25, 0.3) is 0 Å². The Morgan fingerprint density at radius 1 is 1.25 bits per heavy atom. The highest BCUT2D eigenvalue weighted by molar-refractivity contribution is 6.93. The van der Waals surface area contributed by atoms with E-state index in [4.69, 9.17) is 4.79 Å². The molecule has 0 saturated heterocycles. The van der Waals surface area contributed by atoms with Gasteiger partial charge in [-0.1, -0.05) is 35.9 Å². The summed E-state index contributed by atoms with van der Waals surface area (Å²) in [6.07, 6.45) is 5.08. The fraction of sp³-hybridized carbons (Fsp3) is 0.0909. The molecule has 86 valence electrons. The second-order valence-electron chi connectivity index (χ2n) is 2.64. The van der Waals surface area contributed by atoms with Gasteiger partial charge in [-0.2, -0.15) is 0 Å². The summed E-state index contributed by atoms with van der Waals surface area (Å²) in [4.78, 5) is 15.4. The Morgan fingerprint density at radius 3 is 2.00 bits per heavy atom. The molecule has 2 aromatic rings. The second-order valence-corrected chi connectivity index (χ2v) is 3.52. The van der Waals surface area contributed by atoms with Crippen molar-refractivity contribution in [3.05, 3.63) is 54.6 Å². The lowest BCUT2D eigenvalue weighted by Gasteiger charge is -1.82. The standard InChI is InChI=1S/C7H8.C3H4N2.CCl2O/c1-7-5-3-2-4-6-7;1-2-5-3-4-1;2-1(3)4/h2-6H,1H3;1-3H,(H,4,5);. The number of benzene rings is 1. The summed E-state index contributed by atoms with van der Waals surface area (Å²) in [6.45, 7) is 2.08. The summed E-state index contributed by atoms with van der Waals surface area (Å²) in [5, 5.41) is 0. The van der Waals surface area contributed by atoms with Gasteiger partial charge in [0.05, 0.1) is 6.33 Å². The highest BCUT2D eigenvalue weighted by atomic mass is 35.5. The van der Waals surface area contributed by atoms with Crippen LogP contribution in [-0.2, 0) is 0 Å². The number of H-pyrrole nitrogens is 1. The summed E-state index contributed by atoms with van der Waals surface area (Å²) in [5.41, 5.74) is 1.32. The van der Waals surface area contributed by atoms with Crippen LogP contribution < -0.4 is 0 Å². The first-order valence-corrected chi connectivity index (χ1v) is 5.18. The predicted molar refractivity (Wildman–Crippen MR) is 66.9 cm³/mol. The number of rotatable bonds is 0. The molecule has 1 aromatic heterocycles. The van der Waals surface area contributed by atoms with E-state index in [1.807, 2.05) is 18.2 Å². The minimum absolute atomic E-state index is 0.889. The molecule has 16 heavy (non-hydrogen) atoms. The molecule has 1 heterocycles. The van der Waals surface area contributed by atoms with E-state index in [-0.39, 0.29) is 0 Å². The lowest BCUT2D eigenvalue weighted by Crippen LogP contribution is -1.62. The van der Waals surface area contributed by atoms with Crippen LogP contribution in [0.1, 0.15) is 5.56 Å². The summed E-state index contributed by atoms with van der Waals surface area (Å²) in [7, 11) is 0. The maximum absolute atomic E-state index is 8.98. The van der Waals surface area contributed by atoms with Crippen molar-refractivity contribution in [3.63, 3.8) is 0 Å². The van der Waals surface area contributed by atoms with Crippen LogP contribution >= 0.6 is 23.2 Å². The van der Waals surface area contributed by atoms with Gasteiger partial charge in [-0.25, -0.2) is 4.98 Å². The van der Waals surface area contributed by atoms with Crippen LogP contribution in [0.3, 0.4) is 0 Å². The van der Waals surface area contributed by atoms with E-state index >= 15 is 0 Å². The van der Waals surface area contributed by atoms with Crippen LogP contribution in [0.15, 0.2) is 49.1 Å². The van der Waals surface area contributed by atoms with Crippen LogP contribution in [-0.4, -0.2) is 14.7 Å². The molecule has 0 atom stereocenters. The third-order valence-corrected chi connectivity index (χ3v) is 1.35. The van der Waals surface area contributed by atoms with Crippen molar-refractivity contribution in [1.82, 2.24) is 9.97 Å². The van der Waals surface area contributed by atoms with Gasteiger partial charge in [0.1, 0.15) is 0 Å². The smallest absolute Gasteiger partial charge is 0.313 e. The molecule has 3 nitrogen and oxygen atoms in total. The average molecular weight is 259 g/mol. The fourth-order valence-corrected chi connectivity index (χ4v) is 0.750. The van der Waals surface area contributed by atoms with Crippen molar-refractivity contribution < 1.29 is 4.79 Å². The first-order valence-electron chi connectivity index (χ1n) is 4.42. The van der Waals surface area contributed by atoms with Crippen molar-refractivity contribution in [2.45, 2.75) is 6.92 Å². The Balaban J connectivity index is 0.000000222. The monoisotopic (exact) mass is 258 g/mol. The lowest BCUT2D eigenvalue weighted by atomic mass is 10.2. The Morgan fingerprint density at radius 2 is 1.81 bits per heavy atom. The number of hydrogen-bond acceptors (Lipinski definition) is 2. The number of halogens is 2. The molecule has 0 saturated carbocycles. The number of aromatic amines is 1. The summed E-state index contributed by atoms with van der Waals surface area (Å²) in [6, 6.07) is 10.3. The predicted octanol–water partition coefficient (Wildman–Crippen LogP) is 3.99. The first kappa shape index (κ1) is 14.7. The molecule has 0 unspecified atom stereocenters. The van der Waals surface area contributed by atoms with Gasteiger partial charge in [0, 0.05) is 12.4 Å². The summed E-state index contributed by atoms with van der Waals surface area (Å²) in [5.74, 6) is 0. The Kier molecular flexibility index (Phi) is 9.36. The number of nitrogens with one attached hydrogen (secondary N) is 1. The normalized spacial score (nSPS) is 7.94. The largest absolute Gasteiger partial charge is 0.351 e. The molecule has 0 aliphatic carbocycles. The fourth-order valence-electron chi connectivity index (χ4n) is 0.750. The topological polar surface area (TPSA) is 45.8 Å². The molecule has 2 rings (SSSR count). The lowest BCUT2D eigenvalue weighted by molar-refractivity contribution is 0.275. The van der Waals surface area contributed by atoms with Crippen LogP contribution in [0.5, 0.6) is 0 Å². The Hall–Kier alpha value is -1.32. The van der Waals surface area contributed by atoms with E-state index in [0.717, 1.165) is 0 Å². The summed E-state index contributed by atoms with van der Waals surface area (Å²) < 4.78 is -0.889. The molecule has 0 bridgehead atoms. The van der Waals surface area contributed by atoms with Gasteiger partial charge in [0.15, 0.2) is 0 Å². The van der Waals surface area contributed by atoms with Gasteiger partial charge in [-0.05, 0) is 30.1 Å². The molecule has 0 radical (unpaired) electrons. The van der Waals surface area contributed by atoms with E-state index < -0.39 is 4.70 Å². The minimum atomic E-state index is -0.889. The molecular weight excluding hydrogens is 247 g/mol. The molecule has 0 aliphatic rings. The number of carbonyl (C=O) groups excluding carboxylic acids is 1. The van der Waals surface area contributed by atoms with Crippen LogP contribution in [0.4, 0.5) is 4.79 Å². The highest BCUT2D eigenvalue weighted by Crippen LogP contribution is 1.92. The first-order chi connectivity index (χ1) is 7.63. The second kappa shape index (κ2) is 10.2. The molecule has 5 heteroatoms. The minimum Gasteiger partial charge on any atom is -0.351 e. The molecule has 1 aromatic carbocycles. The van der Waals surface area contributed by atoms with Crippen molar-refractivity contribution >= 4 is 27.9 Å². The Labute approximate surface area is 104 Å². The zero-order valence-corrected chi connectivity index (χ0v) is 10.2. The highest BCUT2D eigenvalue weighted by Gasteiger charge is 1.72. The molecule has 0 aliphatic heterocycles. The van der Waals surface area contributed by atoms with Crippen LogP contribution in [0, 0.1) is 6.92 Å². The zero-order valence-electron chi connectivity index (χ0n) is 8.73. The van der Waals surface area contributed by atoms with Crippen molar-refractivity contribution in [2.75, 3.05) is 0 Å². The summed E-state index contributed by atoms with van der Waals surface area (Å²) >= 11 is 8.80. The maximum atomic E-state index is 8.98. The SMILES string of the molecule is Cc1ccccc1.O=C(Cl)Cl.c1c[nH]cn1. The number of imidazole rings is 1. The van der Waals surface area contributed by atoms with Gasteiger partial charge < -0.3 is 4.98 Å². The number of hydrogen-bond donors (Lipinski definition) is 1. The Bertz CT molecular complexity index is 342. The van der Waals surface area contributed by atoms with E-state index in [1.54, 1.807) is 18.7 Å². The van der Waals surface area contributed by atoms with E-state index in [1.165, 1.54) is 5.56 Å². The van der Waals surface area contributed by atoms with Crippen LogP contribution in [0.2, 0.25) is 0 Å². The van der Waals surface area contributed by atoms with Crippen molar-refractivity contribution in [1.29, 1.82) is 0 Å². The van der Waals surface area contributed by atoms with E-state index in [9.17, 15) is 0 Å². The van der Waals surface area contributed by atoms with E-state index in [0.29, 0.717) is 0 Å². The molecule has 0 spiro atoms. The van der Waals surface area contributed by atoms with E-state index in [2.05, 4.69) is 52.2 Å². The van der Waals surface area contributed by atoms with Gasteiger partial charge in [0.2, 0.25) is 0 Å². The molecule has 0 fully saturated rings. The number of aryl methyl sites for hydroxylation is 1. The number of aromatic nitrogens is 2. The molecular formula is C11H12Cl2N2O. The van der Waals surface area contributed by atoms with Gasteiger partial charge in [0.25, 0.3) is 0 Å². The third-order valence-electron chi connectivity index (χ3n) is 1.35. The zero-order chi connectivity index (χ0) is 12.2. The molecule has 1 N–H and O–H groups in total. The maximum Gasteiger partial charge on any atom is 0.313 e. The quantitative estimate of drug-likeness (QED) is 0.727. The number of carbonyl (C=O) groups is 1. The average Bonchev–Trinajstić information content (AvgIpc) is 2.75. The van der Waals surface area contributed by atoms with Gasteiger partial charge >= 0.3 is 4.70 Å². The third kappa shape index (κ3) is 12.7. The van der Waals surface area contributed by atoms with Gasteiger partial charge in [-0.3, -0.25) is 4.79 Å². The van der Waals surface area contributed by atoms with Gasteiger partial charge in [-0.15, -0.1) is 0 Å². The molecule has 0 amide bonds.